The van der Waals surface area contributed by atoms with E-state index in [0.29, 0.717) is 10.7 Å². The third kappa shape index (κ3) is 2.67. The zero-order valence-electron chi connectivity index (χ0n) is 8.14. The lowest BCUT2D eigenvalue weighted by molar-refractivity contribution is 0.555. The first-order valence-corrected chi connectivity index (χ1v) is 5.13. The molecule has 76 valence electrons. The fourth-order valence-corrected chi connectivity index (χ4v) is 1.46. The van der Waals surface area contributed by atoms with E-state index in [2.05, 4.69) is 17.4 Å². The lowest BCUT2D eigenvalue weighted by Crippen LogP contribution is -2.20. The number of furan rings is 1. The lowest BCUT2D eigenvalue weighted by atomic mass is 10.2. The van der Waals surface area contributed by atoms with Crippen LogP contribution in [0.3, 0.4) is 0 Å². The van der Waals surface area contributed by atoms with Gasteiger partial charge in [0.1, 0.15) is 4.99 Å². The first-order chi connectivity index (χ1) is 7.36. The van der Waals surface area contributed by atoms with Gasteiger partial charge < -0.3 is 9.73 Å². The fourth-order valence-electron chi connectivity index (χ4n) is 1.27. The predicted octanol–water partition coefficient (Wildman–Crippen LogP) is 2.74. The van der Waals surface area contributed by atoms with E-state index in [0.717, 1.165) is 6.54 Å². The number of hydrogen-bond acceptors (Lipinski definition) is 2. The van der Waals surface area contributed by atoms with E-state index in [4.69, 9.17) is 16.6 Å². The second kappa shape index (κ2) is 4.75. The van der Waals surface area contributed by atoms with Crippen LogP contribution in [0, 0.1) is 0 Å². The molecule has 0 aliphatic rings. The molecule has 1 N–H and O–H groups in total. The molecule has 0 amide bonds. The van der Waals surface area contributed by atoms with Crippen LogP contribution in [-0.4, -0.2) is 4.99 Å². The van der Waals surface area contributed by atoms with Crippen molar-refractivity contribution in [1.82, 2.24) is 5.32 Å². The smallest absolute Gasteiger partial charge is 0.160 e. The molecule has 1 aromatic carbocycles. The van der Waals surface area contributed by atoms with E-state index in [1.165, 1.54) is 5.56 Å². The summed E-state index contributed by atoms with van der Waals surface area (Å²) in [6, 6.07) is 13.8. The Balaban J connectivity index is 1.92. The summed E-state index contributed by atoms with van der Waals surface area (Å²) < 4.78 is 5.18. The highest BCUT2D eigenvalue weighted by Gasteiger charge is 2.02. The lowest BCUT2D eigenvalue weighted by Gasteiger charge is -2.05. The van der Waals surface area contributed by atoms with Crippen molar-refractivity contribution in [2.75, 3.05) is 0 Å². The van der Waals surface area contributed by atoms with Gasteiger partial charge in [-0.15, -0.1) is 0 Å². The predicted molar refractivity (Wildman–Crippen MR) is 63.7 cm³/mol. The quantitative estimate of drug-likeness (QED) is 0.800. The van der Waals surface area contributed by atoms with Gasteiger partial charge in [-0.2, -0.15) is 0 Å². The van der Waals surface area contributed by atoms with Crippen LogP contribution in [0.1, 0.15) is 11.3 Å². The Kier molecular flexibility index (Phi) is 3.15. The van der Waals surface area contributed by atoms with Crippen LogP contribution in [0.4, 0.5) is 0 Å². The third-order valence-corrected chi connectivity index (χ3v) is 2.39. The van der Waals surface area contributed by atoms with Gasteiger partial charge in [-0.25, -0.2) is 0 Å². The van der Waals surface area contributed by atoms with Crippen LogP contribution in [0.5, 0.6) is 0 Å². The SMILES string of the molecule is S=C(NCc1ccccc1)c1ccco1. The summed E-state index contributed by atoms with van der Waals surface area (Å²) in [4.78, 5) is 0.642. The second-order valence-electron chi connectivity index (χ2n) is 3.15. The summed E-state index contributed by atoms with van der Waals surface area (Å²) in [5.41, 5.74) is 1.20. The van der Waals surface area contributed by atoms with Gasteiger partial charge in [0.05, 0.1) is 6.26 Å². The number of rotatable bonds is 3. The Labute approximate surface area is 93.9 Å². The summed E-state index contributed by atoms with van der Waals surface area (Å²) >= 11 is 5.17. The molecule has 2 nitrogen and oxygen atoms in total. The zero-order valence-corrected chi connectivity index (χ0v) is 8.96. The van der Waals surface area contributed by atoms with Gasteiger partial charge in [0.25, 0.3) is 0 Å². The molecule has 3 heteroatoms. The minimum absolute atomic E-state index is 0.642. The van der Waals surface area contributed by atoms with Gasteiger partial charge in [-0.1, -0.05) is 42.5 Å². The van der Waals surface area contributed by atoms with Crippen molar-refractivity contribution in [2.24, 2.45) is 0 Å². The van der Waals surface area contributed by atoms with Crippen molar-refractivity contribution in [3.63, 3.8) is 0 Å². The highest BCUT2D eigenvalue weighted by molar-refractivity contribution is 7.80. The standard InChI is InChI=1S/C12H11NOS/c15-12(11-7-4-8-14-11)13-9-10-5-2-1-3-6-10/h1-8H,9H2,(H,13,15). The van der Waals surface area contributed by atoms with Gasteiger partial charge in [-0.05, 0) is 17.7 Å². The van der Waals surface area contributed by atoms with E-state index >= 15 is 0 Å². The molecule has 0 saturated carbocycles. The summed E-state index contributed by atoms with van der Waals surface area (Å²) in [6.07, 6.45) is 1.62. The average Bonchev–Trinajstić information content (AvgIpc) is 2.81. The monoisotopic (exact) mass is 217 g/mol. The maximum Gasteiger partial charge on any atom is 0.160 e. The van der Waals surface area contributed by atoms with Crippen LogP contribution in [0.15, 0.2) is 53.1 Å². The van der Waals surface area contributed by atoms with Crippen LogP contribution in [0.25, 0.3) is 0 Å². The highest BCUT2D eigenvalue weighted by atomic mass is 32.1. The Morgan fingerprint density at radius 2 is 1.93 bits per heavy atom. The first kappa shape index (κ1) is 9.93. The minimum atomic E-state index is 0.642. The molecule has 0 bridgehead atoms. The van der Waals surface area contributed by atoms with E-state index < -0.39 is 0 Å². The van der Waals surface area contributed by atoms with Crippen molar-refractivity contribution in [3.8, 4) is 0 Å². The Bertz CT molecular complexity index is 422. The number of thiocarbonyl (C=S) groups is 1. The summed E-state index contributed by atoms with van der Waals surface area (Å²) in [5, 5.41) is 3.14. The first-order valence-electron chi connectivity index (χ1n) is 4.72. The molecule has 0 aliphatic carbocycles. The maximum absolute atomic E-state index is 5.18. The highest BCUT2D eigenvalue weighted by Crippen LogP contribution is 2.02. The van der Waals surface area contributed by atoms with Gasteiger partial charge in [-0.3, -0.25) is 0 Å². The van der Waals surface area contributed by atoms with E-state index in [1.54, 1.807) is 6.26 Å². The van der Waals surface area contributed by atoms with E-state index in [1.807, 2.05) is 30.3 Å². The molecular weight excluding hydrogens is 206 g/mol. The van der Waals surface area contributed by atoms with Crippen molar-refractivity contribution in [1.29, 1.82) is 0 Å². The Morgan fingerprint density at radius 3 is 2.60 bits per heavy atom. The normalized spacial score (nSPS) is 9.87. The van der Waals surface area contributed by atoms with Crippen molar-refractivity contribution in [3.05, 3.63) is 60.1 Å². The third-order valence-electron chi connectivity index (χ3n) is 2.04. The van der Waals surface area contributed by atoms with Gasteiger partial charge >= 0.3 is 0 Å². The molecule has 0 radical (unpaired) electrons. The van der Waals surface area contributed by atoms with Crippen LogP contribution in [0.2, 0.25) is 0 Å². The summed E-state index contributed by atoms with van der Waals surface area (Å²) in [7, 11) is 0. The fraction of sp³-hybridized carbons (Fsp3) is 0.0833. The van der Waals surface area contributed by atoms with Crippen LogP contribution in [-0.2, 0) is 6.54 Å². The van der Waals surface area contributed by atoms with Crippen molar-refractivity contribution >= 4 is 17.2 Å². The number of hydrogen-bond donors (Lipinski definition) is 1. The Morgan fingerprint density at radius 1 is 1.13 bits per heavy atom. The largest absolute Gasteiger partial charge is 0.462 e. The van der Waals surface area contributed by atoms with Gasteiger partial charge in [0.15, 0.2) is 5.76 Å². The zero-order chi connectivity index (χ0) is 10.5. The van der Waals surface area contributed by atoms with Crippen LogP contribution >= 0.6 is 12.2 Å². The van der Waals surface area contributed by atoms with E-state index in [9.17, 15) is 0 Å². The van der Waals surface area contributed by atoms with E-state index in [-0.39, 0.29) is 0 Å². The van der Waals surface area contributed by atoms with Crippen molar-refractivity contribution in [2.45, 2.75) is 6.54 Å². The summed E-state index contributed by atoms with van der Waals surface area (Å²) in [5.74, 6) is 0.709. The molecule has 2 rings (SSSR count). The minimum Gasteiger partial charge on any atom is -0.462 e. The van der Waals surface area contributed by atoms with Gasteiger partial charge in [0, 0.05) is 6.54 Å². The van der Waals surface area contributed by atoms with Gasteiger partial charge in [0.2, 0.25) is 0 Å². The molecule has 0 saturated heterocycles. The molecule has 0 spiro atoms. The molecule has 1 heterocycles. The Hall–Kier alpha value is -1.61. The second-order valence-corrected chi connectivity index (χ2v) is 3.55. The molecule has 2 aromatic rings. The van der Waals surface area contributed by atoms with Crippen molar-refractivity contribution < 1.29 is 4.42 Å². The molecular formula is C12H11NOS. The maximum atomic E-state index is 5.18. The molecule has 0 atom stereocenters. The average molecular weight is 217 g/mol. The summed E-state index contributed by atoms with van der Waals surface area (Å²) in [6.45, 7) is 0.723. The molecule has 0 aliphatic heterocycles. The molecule has 0 fully saturated rings. The van der Waals surface area contributed by atoms with Crippen LogP contribution < -0.4 is 5.32 Å². The number of nitrogens with one attached hydrogen (secondary N) is 1. The number of benzene rings is 1. The topological polar surface area (TPSA) is 25.2 Å². The molecule has 0 unspecified atom stereocenters. The molecule has 1 aromatic heterocycles. The molecule has 15 heavy (non-hydrogen) atoms.